The van der Waals surface area contributed by atoms with Crippen molar-refractivity contribution in [1.29, 1.82) is 0 Å². The van der Waals surface area contributed by atoms with Crippen molar-refractivity contribution >= 4 is 47.4 Å². The van der Waals surface area contributed by atoms with Gasteiger partial charge in [0, 0.05) is 22.8 Å². The molecule has 7 N–H and O–H groups in total. The first-order valence-corrected chi connectivity index (χ1v) is 7.09. The minimum atomic E-state index is -0.931. The SMILES string of the molecule is Cl.Cl.NCCc1c[nH]c2ccc(O)cc12.Nc1ccc(C(=O)O)cc1. The Bertz CT molecular complexity index is 805. The number of nitrogens with one attached hydrogen (secondary N) is 1. The van der Waals surface area contributed by atoms with Crippen molar-refractivity contribution in [2.75, 3.05) is 12.3 Å². The van der Waals surface area contributed by atoms with Crippen LogP contribution in [-0.2, 0) is 6.42 Å². The van der Waals surface area contributed by atoms with Gasteiger partial charge in [0.25, 0.3) is 0 Å². The number of phenols is 1. The van der Waals surface area contributed by atoms with Crippen molar-refractivity contribution in [3.63, 3.8) is 0 Å². The summed E-state index contributed by atoms with van der Waals surface area (Å²) < 4.78 is 0. The Morgan fingerprint density at radius 2 is 1.72 bits per heavy atom. The van der Waals surface area contributed by atoms with Crippen LogP contribution < -0.4 is 11.5 Å². The molecule has 6 nitrogen and oxygen atoms in total. The van der Waals surface area contributed by atoms with Crippen molar-refractivity contribution in [2.24, 2.45) is 5.73 Å². The van der Waals surface area contributed by atoms with E-state index in [0.29, 0.717) is 18.0 Å². The van der Waals surface area contributed by atoms with E-state index in [4.69, 9.17) is 16.6 Å². The minimum absolute atomic E-state index is 0. The monoisotopic (exact) mass is 385 g/mol. The Labute approximate surface area is 157 Å². The van der Waals surface area contributed by atoms with Crippen LogP contribution in [-0.4, -0.2) is 27.7 Å². The number of benzene rings is 2. The molecule has 3 rings (SSSR count). The van der Waals surface area contributed by atoms with Crippen LogP contribution in [0.2, 0.25) is 0 Å². The Kier molecular flexibility index (Phi) is 9.45. The minimum Gasteiger partial charge on any atom is -0.508 e. The zero-order chi connectivity index (χ0) is 16.8. The first-order chi connectivity index (χ1) is 11.0. The van der Waals surface area contributed by atoms with E-state index in [2.05, 4.69) is 4.98 Å². The zero-order valence-electron chi connectivity index (χ0n) is 13.3. The number of halogens is 2. The topological polar surface area (TPSA) is 125 Å². The third-order valence-electron chi connectivity index (χ3n) is 3.32. The number of anilines is 1. The average Bonchev–Trinajstić information content (AvgIpc) is 2.91. The van der Waals surface area contributed by atoms with Crippen LogP contribution in [0.15, 0.2) is 48.7 Å². The highest BCUT2D eigenvalue weighted by Gasteiger charge is 2.02. The van der Waals surface area contributed by atoms with E-state index in [1.54, 1.807) is 24.3 Å². The fourth-order valence-electron chi connectivity index (χ4n) is 2.15. The normalized spacial score (nSPS) is 9.32. The number of rotatable bonds is 3. The molecule has 1 heterocycles. The molecular weight excluding hydrogens is 365 g/mol. The van der Waals surface area contributed by atoms with Gasteiger partial charge in [-0.2, -0.15) is 0 Å². The number of fused-ring (bicyclic) bond motifs is 1. The number of nitrogen functional groups attached to an aromatic ring is 1. The van der Waals surface area contributed by atoms with Crippen LogP contribution in [0.3, 0.4) is 0 Å². The molecule has 0 spiro atoms. The number of aromatic amines is 1. The van der Waals surface area contributed by atoms with Gasteiger partial charge in [0.1, 0.15) is 5.75 Å². The van der Waals surface area contributed by atoms with Gasteiger partial charge in [-0.25, -0.2) is 4.79 Å². The summed E-state index contributed by atoms with van der Waals surface area (Å²) in [5.41, 5.74) is 13.8. The smallest absolute Gasteiger partial charge is 0.335 e. The third kappa shape index (κ3) is 6.19. The molecule has 1 aromatic heterocycles. The van der Waals surface area contributed by atoms with Gasteiger partial charge in [-0.05, 0) is 61.0 Å². The van der Waals surface area contributed by atoms with Gasteiger partial charge < -0.3 is 26.7 Å². The quantitative estimate of drug-likeness (QED) is 0.442. The second kappa shape index (κ2) is 10.5. The van der Waals surface area contributed by atoms with Crippen LogP contribution in [0.4, 0.5) is 5.69 Å². The van der Waals surface area contributed by atoms with Gasteiger partial charge in [-0.1, -0.05) is 0 Å². The third-order valence-corrected chi connectivity index (χ3v) is 3.32. The molecule has 0 saturated heterocycles. The molecule has 0 atom stereocenters. The number of hydrogen-bond donors (Lipinski definition) is 5. The second-order valence-electron chi connectivity index (χ2n) is 5.01. The number of carboxylic acids is 1. The Morgan fingerprint density at radius 3 is 2.28 bits per heavy atom. The molecule has 0 fully saturated rings. The van der Waals surface area contributed by atoms with E-state index < -0.39 is 5.97 Å². The number of hydrogen-bond acceptors (Lipinski definition) is 4. The standard InChI is InChI=1S/C10H12N2O.C7H7NO2.2ClH/c11-4-3-7-6-12-10-2-1-8(13)5-9(7)10;8-6-3-1-5(2-4-6)7(9)10;;/h1-2,5-6,12-13H,3-4,11H2;1-4H,8H2,(H,9,10);2*1H. The van der Waals surface area contributed by atoms with Gasteiger partial charge in [0.2, 0.25) is 0 Å². The number of phenolic OH excluding ortho intramolecular Hbond substituents is 1. The van der Waals surface area contributed by atoms with Crippen LogP contribution in [0.25, 0.3) is 10.9 Å². The summed E-state index contributed by atoms with van der Waals surface area (Å²) in [4.78, 5) is 13.4. The predicted molar refractivity (Wildman–Crippen MR) is 105 cm³/mol. The highest BCUT2D eigenvalue weighted by molar-refractivity contribution is 5.88. The molecule has 8 heteroatoms. The van der Waals surface area contributed by atoms with Gasteiger partial charge in [0.05, 0.1) is 5.56 Å². The zero-order valence-corrected chi connectivity index (χ0v) is 14.9. The number of aromatic hydroxyl groups is 1. The molecule has 0 aliphatic heterocycles. The highest BCUT2D eigenvalue weighted by atomic mass is 35.5. The maximum atomic E-state index is 10.3. The van der Waals surface area contributed by atoms with Crippen LogP contribution in [0, 0.1) is 0 Å². The molecule has 3 aromatic rings. The molecule has 25 heavy (non-hydrogen) atoms. The summed E-state index contributed by atoms with van der Waals surface area (Å²) in [7, 11) is 0. The summed E-state index contributed by atoms with van der Waals surface area (Å²) in [6.45, 7) is 0.628. The van der Waals surface area contributed by atoms with Crippen molar-refractivity contribution in [3.8, 4) is 5.75 Å². The largest absolute Gasteiger partial charge is 0.508 e. The number of carboxylic acid groups (broad SMARTS) is 1. The maximum Gasteiger partial charge on any atom is 0.335 e. The predicted octanol–water partition coefficient (Wildman–Crippen LogP) is 3.19. The van der Waals surface area contributed by atoms with Crippen molar-refractivity contribution in [2.45, 2.75) is 6.42 Å². The molecule has 0 amide bonds. The van der Waals surface area contributed by atoms with Crippen molar-refractivity contribution < 1.29 is 15.0 Å². The summed E-state index contributed by atoms with van der Waals surface area (Å²) >= 11 is 0. The van der Waals surface area contributed by atoms with E-state index in [1.165, 1.54) is 12.1 Å². The highest BCUT2D eigenvalue weighted by Crippen LogP contribution is 2.22. The summed E-state index contributed by atoms with van der Waals surface area (Å²) in [5.74, 6) is -0.634. The second-order valence-corrected chi connectivity index (χ2v) is 5.01. The average molecular weight is 386 g/mol. The Balaban J connectivity index is 0.000000440. The fraction of sp³-hybridized carbons (Fsp3) is 0.118. The lowest BCUT2D eigenvalue weighted by molar-refractivity contribution is 0.0697. The van der Waals surface area contributed by atoms with Crippen molar-refractivity contribution in [3.05, 3.63) is 59.8 Å². The van der Waals surface area contributed by atoms with Gasteiger partial charge in [-0.3, -0.25) is 0 Å². The summed E-state index contributed by atoms with van der Waals surface area (Å²) in [5, 5.41) is 18.8. The molecular formula is C17H21Cl2N3O3. The van der Waals surface area contributed by atoms with Gasteiger partial charge >= 0.3 is 5.97 Å². The van der Waals surface area contributed by atoms with E-state index in [1.807, 2.05) is 12.3 Å². The number of aromatic nitrogens is 1. The van der Waals surface area contributed by atoms with Gasteiger partial charge in [-0.15, -0.1) is 24.8 Å². The summed E-state index contributed by atoms with van der Waals surface area (Å²) in [6, 6.07) is 11.4. The van der Waals surface area contributed by atoms with E-state index in [-0.39, 0.29) is 30.4 Å². The molecule has 0 radical (unpaired) electrons. The van der Waals surface area contributed by atoms with Gasteiger partial charge in [0.15, 0.2) is 0 Å². The Morgan fingerprint density at radius 1 is 1.08 bits per heavy atom. The van der Waals surface area contributed by atoms with E-state index in [9.17, 15) is 9.90 Å². The number of nitrogens with two attached hydrogens (primary N) is 2. The molecule has 0 aliphatic rings. The van der Waals surface area contributed by atoms with E-state index >= 15 is 0 Å². The lowest BCUT2D eigenvalue weighted by Crippen LogP contribution is -2.01. The summed E-state index contributed by atoms with van der Waals surface area (Å²) in [6.07, 6.45) is 2.78. The number of H-pyrrole nitrogens is 1. The van der Waals surface area contributed by atoms with Crippen molar-refractivity contribution in [1.82, 2.24) is 4.98 Å². The molecule has 0 unspecified atom stereocenters. The molecule has 2 aromatic carbocycles. The lowest BCUT2D eigenvalue weighted by atomic mass is 10.1. The molecule has 136 valence electrons. The lowest BCUT2D eigenvalue weighted by Gasteiger charge is -1.96. The fourth-order valence-corrected chi connectivity index (χ4v) is 2.15. The number of carbonyl (C=O) groups is 1. The molecule has 0 aliphatic carbocycles. The number of aromatic carboxylic acids is 1. The van der Waals surface area contributed by atoms with Crippen LogP contribution >= 0.6 is 24.8 Å². The Hall–Kier alpha value is -2.41. The first-order valence-electron chi connectivity index (χ1n) is 7.09. The molecule has 0 saturated carbocycles. The van der Waals surface area contributed by atoms with E-state index in [0.717, 1.165) is 22.9 Å². The van der Waals surface area contributed by atoms with Crippen LogP contribution in [0.1, 0.15) is 15.9 Å². The maximum absolute atomic E-state index is 10.3. The van der Waals surface area contributed by atoms with Crippen LogP contribution in [0.5, 0.6) is 5.75 Å². The first kappa shape index (κ1) is 22.6. The molecule has 0 bridgehead atoms.